The molecule has 0 aliphatic carbocycles. The SMILES string of the molecule is CC1=[O+]C(=O)CC1. The maximum Gasteiger partial charge on any atom is 0.580 e. The van der Waals surface area contributed by atoms with Gasteiger partial charge in [-0.2, -0.15) is 0 Å². The molecule has 2 heteroatoms. The van der Waals surface area contributed by atoms with Crippen LogP contribution >= 0.6 is 0 Å². The Morgan fingerprint density at radius 3 is 2.43 bits per heavy atom. The monoisotopic (exact) mass is 99.0 g/mol. The van der Waals surface area contributed by atoms with Gasteiger partial charge in [0.25, 0.3) is 0 Å². The summed E-state index contributed by atoms with van der Waals surface area (Å²) in [4.78, 5) is 10.2. The molecule has 2 nitrogen and oxygen atoms in total. The Balaban J connectivity index is 2.67. The molecule has 0 aromatic carbocycles. The lowest BCUT2D eigenvalue weighted by Gasteiger charge is -1.65. The summed E-state index contributed by atoms with van der Waals surface area (Å²) in [5.74, 6) is 0.766. The molecular formula is C5H7O2+. The minimum atomic E-state index is -0.0856. The van der Waals surface area contributed by atoms with E-state index in [1.165, 1.54) is 0 Å². The number of ketones is 1. The minimum absolute atomic E-state index is 0.0856. The summed E-state index contributed by atoms with van der Waals surface area (Å²) in [7, 11) is 0. The number of hydrogen-bond donors (Lipinski definition) is 0. The van der Waals surface area contributed by atoms with Gasteiger partial charge in [0.05, 0.1) is 0 Å². The zero-order chi connectivity index (χ0) is 5.28. The van der Waals surface area contributed by atoms with Gasteiger partial charge in [-0.05, 0) is 0 Å². The summed E-state index contributed by atoms with van der Waals surface area (Å²) in [6.07, 6.45) is 1.39. The molecule has 38 valence electrons. The zero-order valence-corrected chi connectivity index (χ0v) is 4.23. The lowest BCUT2D eigenvalue weighted by molar-refractivity contribution is -0.371. The Kier molecular flexibility index (Phi) is 0.929. The van der Waals surface area contributed by atoms with Crippen molar-refractivity contribution in [2.45, 2.75) is 19.8 Å². The van der Waals surface area contributed by atoms with Crippen LogP contribution in [-0.4, -0.2) is 11.8 Å². The van der Waals surface area contributed by atoms with Gasteiger partial charge in [-0.1, -0.05) is 0 Å². The predicted molar refractivity (Wildman–Crippen MR) is 24.9 cm³/mol. The van der Waals surface area contributed by atoms with Crippen LogP contribution in [0.3, 0.4) is 0 Å². The van der Waals surface area contributed by atoms with E-state index in [1.807, 2.05) is 6.92 Å². The third kappa shape index (κ3) is 0.856. The van der Waals surface area contributed by atoms with Gasteiger partial charge in [0.1, 0.15) is 6.42 Å². The number of carbonyl (C=O) groups excluding carboxylic acids is 2. The first-order chi connectivity index (χ1) is 3.29. The van der Waals surface area contributed by atoms with E-state index in [0.717, 1.165) is 12.2 Å². The van der Waals surface area contributed by atoms with E-state index in [9.17, 15) is 4.79 Å². The van der Waals surface area contributed by atoms with Crippen LogP contribution in [0.4, 0.5) is 0 Å². The summed E-state index contributed by atoms with van der Waals surface area (Å²) >= 11 is 0. The molecule has 0 aromatic rings. The zero-order valence-electron chi connectivity index (χ0n) is 4.23. The summed E-state index contributed by atoms with van der Waals surface area (Å²) in [5.41, 5.74) is 0. The molecule has 1 rings (SSSR count). The van der Waals surface area contributed by atoms with Gasteiger partial charge in [0.15, 0.2) is 5.78 Å². The van der Waals surface area contributed by atoms with Crippen LogP contribution in [0.1, 0.15) is 19.8 Å². The highest BCUT2D eigenvalue weighted by atomic mass is 16.5. The highest BCUT2D eigenvalue weighted by Crippen LogP contribution is 1.99. The van der Waals surface area contributed by atoms with Crippen LogP contribution in [0, 0.1) is 0 Å². The Bertz CT molecular complexity index is 124. The van der Waals surface area contributed by atoms with E-state index in [-0.39, 0.29) is 5.97 Å². The number of carbonyl (C=O) groups is 1. The van der Waals surface area contributed by atoms with Crippen molar-refractivity contribution in [3.05, 3.63) is 0 Å². The van der Waals surface area contributed by atoms with Gasteiger partial charge in [0, 0.05) is 18.1 Å². The molecule has 0 radical (unpaired) electrons. The molecule has 1 aliphatic rings. The van der Waals surface area contributed by atoms with E-state index < -0.39 is 0 Å². The Morgan fingerprint density at radius 2 is 2.29 bits per heavy atom. The van der Waals surface area contributed by atoms with E-state index in [0.29, 0.717) is 6.42 Å². The van der Waals surface area contributed by atoms with Crippen molar-refractivity contribution in [2.24, 2.45) is 0 Å². The van der Waals surface area contributed by atoms with Crippen molar-refractivity contribution in [1.29, 1.82) is 0 Å². The maximum atomic E-state index is 10.2. The molecule has 0 N–H and O–H groups in total. The average Bonchev–Trinajstić information content (AvgIpc) is 1.87. The van der Waals surface area contributed by atoms with E-state index in [2.05, 4.69) is 4.42 Å². The first kappa shape index (κ1) is 4.50. The van der Waals surface area contributed by atoms with Crippen molar-refractivity contribution in [3.63, 3.8) is 0 Å². The van der Waals surface area contributed by atoms with Crippen molar-refractivity contribution in [2.75, 3.05) is 0 Å². The highest BCUT2D eigenvalue weighted by Gasteiger charge is 2.23. The fraction of sp³-hybridized carbons (Fsp3) is 0.600. The number of rotatable bonds is 0. The summed E-state index contributed by atoms with van der Waals surface area (Å²) in [6.45, 7) is 1.82. The fourth-order valence-electron chi connectivity index (χ4n) is 0.574. The van der Waals surface area contributed by atoms with Crippen LogP contribution in [0.5, 0.6) is 0 Å². The molecule has 0 spiro atoms. The molecule has 0 saturated heterocycles. The van der Waals surface area contributed by atoms with E-state index >= 15 is 0 Å². The third-order valence-electron chi connectivity index (χ3n) is 0.969. The molecule has 0 aromatic heterocycles. The third-order valence-corrected chi connectivity index (χ3v) is 0.969. The summed E-state index contributed by atoms with van der Waals surface area (Å²) in [6, 6.07) is 0. The quantitative estimate of drug-likeness (QED) is 0.405. The molecule has 0 fully saturated rings. The van der Waals surface area contributed by atoms with Crippen LogP contribution in [-0.2, 0) is 9.22 Å². The lowest BCUT2D eigenvalue weighted by Crippen LogP contribution is -1.87. The molecule has 1 heterocycles. The van der Waals surface area contributed by atoms with Gasteiger partial charge in [-0.25, -0.2) is 0 Å². The Morgan fingerprint density at radius 1 is 1.57 bits per heavy atom. The van der Waals surface area contributed by atoms with Gasteiger partial charge in [-0.15, -0.1) is 0 Å². The molecule has 0 atom stereocenters. The van der Waals surface area contributed by atoms with E-state index in [4.69, 9.17) is 0 Å². The average molecular weight is 99.1 g/mol. The van der Waals surface area contributed by atoms with Crippen LogP contribution < -0.4 is 0 Å². The predicted octanol–water partition coefficient (Wildman–Crippen LogP) is 0.431. The molecule has 0 amide bonds. The Hall–Kier alpha value is -0.660. The van der Waals surface area contributed by atoms with E-state index in [1.54, 1.807) is 0 Å². The first-order valence-electron chi connectivity index (χ1n) is 2.32. The Labute approximate surface area is 41.8 Å². The molecule has 0 unspecified atom stereocenters. The molecule has 1 aliphatic heterocycles. The van der Waals surface area contributed by atoms with Crippen LogP contribution in [0.2, 0.25) is 0 Å². The maximum absolute atomic E-state index is 10.2. The van der Waals surface area contributed by atoms with Crippen molar-refractivity contribution >= 4 is 11.8 Å². The lowest BCUT2D eigenvalue weighted by atomic mass is 10.3. The van der Waals surface area contributed by atoms with Gasteiger partial charge in [0.2, 0.25) is 0 Å². The molecule has 0 saturated carbocycles. The normalized spacial score (nSPS) is 20.1. The fourth-order valence-corrected chi connectivity index (χ4v) is 0.574. The van der Waals surface area contributed by atoms with Crippen LogP contribution in [0.15, 0.2) is 0 Å². The summed E-state index contributed by atoms with van der Waals surface area (Å²) < 4.78 is 4.64. The smallest absolute Gasteiger partial charge is 0.282 e. The second kappa shape index (κ2) is 1.45. The van der Waals surface area contributed by atoms with Crippen molar-refractivity contribution in [1.82, 2.24) is 0 Å². The van der Waals surface area contributed by atoms with Gasteiger partial charge in [-0.3, -0.25) is 4.42 Å². The number of hydrogen-bond acceptors (Lipinski definition) is 1. The summed E-state index contributed by atoms with van der Waals surface area (Å²) in [5, 5.41) is 0. The standard InChI is InChI=1S/C5H7O2/c1-4-2-3-5(6)7-4/h2-3H2,1H3/q+1. The molecule has 0 bridgehead atoms. The van der Waals surface area contributed by atoms with Gasteiger partial charge >= 0.3 is 5.97 Å². The molecule has 7 heavy (non-hydrogen) atoms. The second-order valence-electron chi connectivity index (χ2n) is 1.68. The topological polar surface area (TPSA) is 28.4 Å². The van der Waals surface area contributed by atoms with Crippen LogP contribution in [0.25, 0.3) is 0 Å². The van der Waals surface area contributed by atoms with Crippen molar-refractivity contribution < 1.29 is 9.22 Å². The largest absolute Gasteiger partial charge is 0.580 e. The van der Waals surface area contributed by atoms with Gasteiger partial charge < -0.3 is 0 Å². The van der Waals surface area contributed by atoms with Crippen molar-refractivity contribution in [3.8, 4) is 0 Å². The molecular weight excluding hydrogens is 92.1 g/mol. The first-order valence-corrected chi connectivity index (χ1v) is 2.32. The highest BCUT2D eigenvalue weighted by molar-refractivity contribution is 5.88. The minimum Gasteiger partial charge on any atom is -0.282 e. The second-order valence-corrected chi connectivity index (χ2v) is 1.68.